The monoisotopic (exact) mass is 643 g/mol. The SMILES string of the molecule is C[Si]1(C)c2ccc(N(c3ccc(-c4ccc5ccccc5c4)cc3)c3cccc4ccccc34)cc2-c2c1ccc1c2oc2ccccc21. The fourth-order valence-corrected chi connectivity index (χ4v) is 11.2. The molecule has 8 aromatic carbocycles. The number of para-hydroxylation sites is 1. The van der Waals surface area contributed by atoms with Crippen LogP contribution in [0.4, 0.5) is 17.1 Å². The van der Waals surface area contributed by atoms with Gasteiger partial charge in [-0.25, -0.2) is 0 Å². The second-order valence-corrected chi connectivity index (χ2v) is 18.1. The van der Waals surface area contributed by atoms with E-state index in [0.29, 0.717) is 0 Å². The van der Waals surface area contributed by atoms with E-state index >= 15 is 0 Å². The summed E-state index contributed by atoms with van der Waals surface area (Å²) in [4.78, 5) is 2.43. The van der Waals surface area contributed by atoms with Crippen LogP contribution in [0.1, 0.15) is 0 Å². The van der Waals surface area contributed by atoms with Crippen molar-refractivity contribution in [2.45, 2.75) is 13.1 Å². The molecule has 10 rings (SSSR count). The fourth-order valence-electron chi connectivity index (χ4n) is 8.15. The molecule has 2 nitrogen and oxygen atoms in total. The minimum absolute atomic E-state index is 0.943. The van der Waals surface area contributed by atoms with E-state index in [4.69, 9.17) is 4.42 Å². The van der Waals surface area contributed by atoms with Crippen LogP contribution in [0.3, 0.4) is 0 Å². The summed E-state index contributed by atoms with van der Waals surface area (Å²) in [6.07, 6.45) is 0. The first-order chi connectivity index (χ1) is 24.0. The van der Waals surface area contributed by atoms with Crippen molar-refractivity contribution in [2.24, 2.45) is 0 Å². The maximum Gasteiger partial charge on any atom is 0.143 e. The third-order valence-electron chi connectivity index (χ3n) is 10.6. The van der Waals surface area contributed by atoms with Crippen LogP contribution in [0.25, 0.3) is 65.7 Å². The van der Waals surface area contributed by atoms with Gasteiger partial charge in [-0.3, -0.25) is 0 Å². The molecule has 1 aliphatic rings. The van der Waals surface area contributed by atoms with Gasteiger partial charge in [0.25, 0.3) is 0 Å². The summed E-state index contributed by atoms with van der Waals surface area (Å²) >= 11 is 0. The van der Waals surface area contributed by atoms with Gasteiger partial charge < -0.3 is 9.32 Å². The highest BCUT2D eigenvalue weighted by molar-refractivity contribution is 7.04. The number of hydrogen-bond acceptors (Lipinski definition) is 2. The molecule has 0 atom stereocenters. The summed E-state index contributed by atoms with van der Waals surface area (Å²) in [6.45, 7) is 4.94. The van der Waals surface area contributed by atoms with Crippen LogP contribution in [0, 0.1) is 0 Å². The Morgan fingerprint density at radius 1 is 0.469 bits per heavy atom. The van der Waals surface area contributed by atoms with E-state index in [1.807, 2.05) is 0 Å². The van der Waals surface area contributed by atoms with Crippen molar-refractivity contribution >= 4 is 79.0 Å². The Morgan fingerprint density at radius 2 is 1.14 bits per heavy atom. The Kier molecular flexibility index (Phi) is 6.06. The molecular weight excluding hydrogens is 611 g/mol. The van der Waals surface area contributed by atoms with Crippen LogP contribution in [0.2, 0.25) is 13.1 Å². The van der Waals surface area contributed by atoms with Crippen molar-refractivity contribution in [2.75, 3.05) is 4.90 Å². The van der Waals surface area contributed by atoms with Gasteiger partial charge in [-0.2, -0.15) is 0 Å². The minimum Gasteiger partial charge on any atom is -0.455 e. The van der Waals surface area contributed by atoms with Gasteiger partial charge in [0, 0.05) is 33.1 Å². The van der Waals surface area contributed by atoms with Crippen molar-refractivity contribution in [1.82, 2.24) is 0 Å². The maximum absolute atomic E-state index is 6.66. The highest BCUT2D eigenvalue weighted by atomic mass is 28.3. The maximum atomic E-state index is 6.66. The van der Waals surface area contributed by atoms with Gasteiger partial charge in [0.2, 0.25) is 0 Å². The first-order valence-corrected chi connectivity index (χ1v) is 20.0. The first-order valence-electron chi connectivity index (χ1n) is 17.0. The predicted octanol–water partition coefficient (Wildman–Crippen LogP) is 11.8. The number of rotatable bonds is 4. The molecule has 49 heavy (non-hydrogen) atoms. The van der Waals surface area contributed by atoms with Gasteiger partial charge in [-0.05, 0) is 85.7 Å². The lowest BCUT2D eigenvalue weighted by molar-refractivity contribution is 0.670. The summed E-state index contributed by atoms with van der Waals surface area (Å²) in [5, 5.41) is 10.2. The molecule has 0 bridgehead atoms. The number of furan rings is 1. The molecule has 0 aliphatic carbocycles. The molecule has 0 unspecified atom stereocenters. The molecule has 0 radical (unpaired) electrons. The van der Waals surface area contributed by atoms with E-state index in [1.165, 1.54) is 64.9 Å². The largest absolute Gasteiger partial charge is 0.455 e. The van der Waals surface area contributed by atoms with Crippen molar-refractivity contribution in [3.63, 3.8) is 0 Å². The van der Waals surface area contributed by atoms with Gasteiger partial charge in [0.1, 0.15) is 19.2 Å². The first kappa shape index (κ1) is 28.1. The number of fused-ring (bicyclic) bond motifs is 9. The Balaban J connectivity index is 1.17. The predicted molar refractivity (Wildman–Crippen MR) is 211 cm³/mol. The highest BCUT2D eigenvalue weighted by Crippen LogP contribution is 2.44. The molecule has 1 aromatic heterocycles. The molecule has 0 amide bonds. The third kappa shape index (κ3) is 4.26. The molecule has 3 heteroatoms. The van der Waals surface area contributed by atoms with E-state index in [2.05, 4.69) is 182 Å². The summed E-state index contributed by atoms with van der Waals surface area (Å²) in [6, 6.07) is 59.9. The van der Waals surface area contributed by atoms with Crippen LogP contribution in [0.5, 0.6) is 0 Å². The lowest BCUT2D eigenvalue weighted by Gasteiger charge is -2.28. The van der Waals surface area contributed by atoms with Gasteiger partial charge >= 0.3 is 0 Å². The molecule has 1 aliphatic heterocycles. The summed E-state index contributed by atoms with van der Waals surface area (Å²) < 4.78 is 6.66. The van der Waals surface area contributed by atoms with Gasteiger partial charge in [-0.1, -0.05) is 134 Å². The van der Waals surface area contributed by atoms with E-state index in [-0.39, 0.29) is 0 Å². The van der Waals surface area contributed by atoms with Gasteiger partial charge in [0.05, 0.1) is 5.69 Å². The van der Waals surface area contributed by atoms with Crippen LogP contribution >= 0.6 is 0 Å². The zero-order valence-corrected chi connectivity index (χ0v) is 28.4. The second-order valence-electron chi connectivity index (χ2n) is 13.8. The van der Waals surface area contributed by atoms with E-state index in [9.17, 15) is 0 Å². The highest BCUT2D eigenvalue weighted by Gasteiger charge is 2.40. The Bertz CT molecular complexity index is 2750. The molecule has 0 spiro atoms. The zero-order chi connectivity index (χ0) is 32.7. The quantitative estimate of drug-likeness (QED) is 0.177. The summed E-state index contributed by atoms with van der Waals surface area (Å²) in [7, 11) is -1.95. The molecule has 9 aromatic rings. The Morgan fingerprint density at radius 3 is 2.00 bits per heavy atom. The van der Waals surface area contributed by atoms with Crippen LogP contribution < -0.4 is 15.3 Å². The van der Waals surface area contributed by atoms with Crippen molar-refractivity contribution in [1.29, 1.82) is 0 Å². The molecule has 0 saturated heterocycles. The standard InChI is InChI=1S/C46H33NOSi/c1-49(2)43-26-24-36(29-40(43)45-44(49)27-25-39-38-15-7-8-17-42(38)48-46(39)45)47(41-16-9-13-32-11-5-6-14-37(32)41)35-22-20-31(21-23-35)34-19-18-30-10-3-4-12-33(30)28-34/h3-29H,1-2H3. The smallest absolute Gasteiger partial charge is 0.143 e. The van der Waals surface area contributed by atoms with E-state index < -0.39 is 8.07 Å². The molecule has 0 N–H and O–H groups in total. The Hall–Kier alpha value is -5.90. The van der Waals surface area contributed by atoms with Gasteiger partial charge in [-0.15, -0.1) is 0 Å². The molecule has 0 fully saturated rings. The molecule has 0 saturated carbocycles. The molecule has 232 valence electrons. The minimum atomic E-state index is -1.95. The van der Waals surface area contributed by atoms with E-state index in [0.717, 1.165) is 28.2 Å². The number of hydrogen-bond donors (Lipinski definition) is 0. The van der Waals surface area contributed by atoms with Crippen molar-refractivity contribution in [3.05, 3.63) is 164 Å². The van der Waals surface area contributed by atoms with Crippen LogP contribution in [0.15, 0.2) is 168 Å². The average molecular weight is 644 g/mol. The lowest BCUT2D eigenvalue weighted by atomic mass is 9.99. The fraction of sp³-hybridized carbons (Fsp3) is 0.0435. The van der Waals surface area contributed by atoms with E-state index in [1.54, 1.807) is 0 Å². The summed E-state index contributed by atoms with van der Waals surface area (Å²) in [5.41, 5.74) is 10.4. The Labute approximate surface area is 286 Å². The molecular formula is C46H33NOSi. The number of anilines is 3. The molecule has 2 heterocycles. The number of nitrogens with zero attached hydrogens (tertiary/aromatic N) is 1. The zero-order valence-electron chi connectivity index (χ0n) is 27.4. The second kappa shape index (κ2) is 10.5. The van der Waals surface area contributed by atoms with Crippen molar-refractivity contribution < 1.29 is 4.42 Å². The van der Waals surface area contributed by atoms with Crippen molar-refractivity contribution in [3.8, 4) is 22.3 Å². The third-order valence-corrected chi connectivity index (χ3v) is 14.2. The normalized spacial score (nSPS) is 13.3. The average Bonchev–Trinajstić information content (AvgIpc) is 3.64. The van der Waals surface area contributed by atoms with Gasteiger partial charge in [0.15, 0.2) is 0 Å². The topological polar surface area (TPSA) is 16.4 Å². The number of benzene rings is 8. The van der Waals surface area contributed by atoms with Crippen LogP contribution in [-0.4, -0.2) is 8.07 Å². The van der Waals surface area contributed by atoms with Crippen LogP contribution in [-0.2, 0) is 0 Å². The lowest BCUT2D eigenvalue weighted by Crippen LogP contribution is -2.49. The summed E-state index contributed by atoms with van der Waals surface area (Å²) in [5.74, 6) is 0.